The summed E-state index contributed by atoms with van der Waals surface area (Å²) in [5.41, 5.74) is 1.17. The van der Waals surface area contributed by atoms with Crippen molar-refractivity contribution in [2.45, 2.75) is 13.0 Å². The molecule has 0 fully saturated rings. The van der Waals surface area contributed by atoms with Crippen molar-refractivity contribution in [3.63, 3.8) is 0 Å². The van der Waals surface area contributed by atoms with Crippen LogP contribution in [0.15, 0.2) is 38.9 Å². The molecule has 1 unspecified atom stereocenters. The van der Waals surface area contributed by atoms with Crippen molar-refractivity contribution < 1.29 is 4.42 Å². The molecule has 0 aliphatic heterocycles. The van der Waals surface area contributed by atoms with E-state index < -0.39 is 0 Å². The molecule has 1 N–H and O–H groups in total. The zero-order chi connectivity index (χ0) is 10.7. The third kappa shape index (κ3) is 2.51. The summed E-state index contributed by atoms with van der Waals surface area (Å²) in [6.45, 7) is 3.04. The Balaban J connectivity index is 2.27. The molecule has 2 aromatic heterocycles. The van der Waals surface area contributed by atoms with Gasteiger partial charge in [-0.2, -0.15) is 0 Å². The summed E-state index contributed by atoms with van der Waals surface area (Å²) in [4.78, 5) is 1.30. The van der Waals surface area contributed by atoms with Gasteiger partial charge in [-0.25, -0.2) is 0 Å². The van der Waals surface area contributed by atoms with Crippen LogP contribution in [0.3, 0.4) is 0 Å². The van der Waals surface area contributed by atoms with Gasteiger partial charge in [0.25, 0.3) is 0 Å². The Morgan fingerprint density at radius 2 is 2.47 bits per heavy atom. The molecule has 2 aromatic rings. The zero-order valence-electron chi connectivity index (χ0n) is 8.37. The van der Waals surface area contributed by atoms with Gasteiger partial charge in [0, 0.05) is 20.3 Å². The van der Waals surface area contributed by atoms with Crippen LogP contribution >= 0.6 is 27.3 Å². The highest BCUT2D eigenvalue weighted by Gasteiger charge is 2.15. The molecular formula is C11H12BrNOS. The van der Waals surface area contributed by atoms with Crippen molar-refractivity contribution in [2.24, 2.45) is 0 Å². The quantitative estimate of drug-likeness (QED) is 0.924. The lowest BCUT2D eigenvalue weighted by atomic mass is 10.1. The van der Waals surface area contributed by atoms with E-state index >= 15 is 0 Å². The summed E-state index contributed by atoms with van der Waals surface area (Å²) < 4.78 is 6.26. The molecule has 0 aliphatic rings. The molecule has 0 radical (unpaired) electrons. The number of thiophene rings is 1. The number of halogens is 1. The summed E-state index contributed by atoms with van der Waals surface area (Å²) >= 11 is 5.22. The molecule has 80 valence electrons. The van der Waals surface area contributed by atoms with Gasteiger partial charge in [-0.3, -0.25) is 0 Å². The van der Waals surface area contributed by atoms with Crippen LogP contribution < -0.4 is 5.32 Å². The fraction of sp³-hybridized carbons (Fsp3) is 0.273. The van der Waals surface area contributed by atoms with Gasteiger partial charge >= 0.3 is 0 Å². The maximum atomic E-state index is 5.12. The van der Waals surface area contributed by atoms with E-state index in [1.165, 1.54) is 10.4 Å². The summed E-state index contributed by atoms with van der Waals surface area (Å²) in [6, 6.07) is 4.39. The third-order valence-electron chi connectivity index (χ3n) is 2.16. The fourth-order valence-corrected chi connectivity index (χ4v) is 3.05. The van der Waals surface area contributed by atoms with Crippen LogP contribution in [0.1, 0.15) is 23.4 Å². The summed E-state index contributed by atoms with van der Waals surface area (Å²) in [7, 11) is 0. The van der Waals surface area contributed by atoms with E-state index in [-0.39, 0.29) is 6.04 Å². The van der Waals surface area contributed by atoms with Gasteiger partial charge in [0.05, 0.1) is 18.6 Å². The predicted molar refractivity (Wildman–Crippen MR) is 66.2 cm³/mol. The van der Waals surface area contributed by atoms with E-state index in [4.69, 9.17) is 4.42 Å². The average Bonchev–Trinajstić information content (AvgIpc) is 2.85. The Morgan fingerprint density at radius 1 is 1.60 bits per heavy atom. The second-order valence-corrected chi connectivity index (χ2v) is 5.07. The maximum Gasteiger partial charge on any atom is 0.0954 e. The molecule has 2 heterocycles. The van der Waals surface area contributed by atoms with Crippen LogP contribution in [0, 0.1) is 0 Å². The molecule has 2 nitrogen and oxygen atoms in total. The minimum absolute atomic E-state index is 0.241. The van der Waals surface area contributed by atoms with E-state index in [0.717, 1.165) is 11.0 Å². The van der Waals surface area contributed by atoms with E-state index in [1.54, 1.807) is 23.9 Å². The molecule has 4 heteroatoms. The molecule has 1 atom stereocenters. The first-order valence-electron chi connectivity index (χ1n) is 4.80. The Bertz CT molecular complexity index is 410. The highest BCUT2D eigenvalue weighted by atomic mass is 79.9. The lowest BCUT2D eigenvalue weighted by molar-refractivity contribution is 0.554. The Labute approximate surface area is 101 Å². The van der Waals surface area contributed by atoms with Gasteiger partial charge < -0.3 is 9.73 Å². The SMILES string of the molecule is CCNC(c1ccoc1)c1cc(Br)cs1. The van der Waals surface area contributed by atoms with Crippen molar-refractivity contribution in [1.82, 2.24) is 5.32 Å². The summed E-state index contributed by atoms with van der Waals surface area (Å²) in [6.07, 6.45) is 3.50. The van der Waals surface area contributed by atoms with Crippen molar-refractivity contribution in [1.29, 1.82) is 0 Å². The van der Waals surface area contributed by atoms with Crippen molar-refractivity contribution in [3.8, 4) is 0 Å². The number of hydrogen-bond acceptors (Lipinski definition) is 3. The van der Waals surface area contributed by atoms with E-state index in [2.05, 4.69) is 39.6 Å². The molecule has 0 aliphatic carbocycles. The molecule has 0 saturated carbocycles. The number of hydrogen-bond donors (Lipinski definition) is 1. The van der Waals surface area contributed by atoms with Crippen LogP contribution in [0.5, 0.6) is 0 Å². The van der Waals surface area contributed by atoms with E-state index in [9.17, 15) is 0 Å². The Kier molecular flexibility index (Phi) is 3.61. The first-order chi connectivity index (χ1) is 7.31. The highest BCUT2D eigenvalue weighted by Crippen LogP contribution is 2.30. The largest absolute Gasteiger partial charge is 0.472 e. The minimum Gasteiger partial charge on any atom is -0.472 e. The standard InChI is InChI=1S/C11H12BrNOS/c1-2-13-11(8-3-4-14-6-8)10-5-9(12)7-15-10/h3-7,11,13H,2H2,1H3. The van der Waals surface area contributed by atoms with Crippen molar-refractivity contribution in [2.75, 3.05) is 6.54 Å². The summed E-state index contributed by atoms with van der Waals surface area (Å²) in [5.74, 6) is 0. The fourth-order valence-electron chi connectivity index (χ4n) is 1.51. The third-order valence-corrected chi connectivity index (χ3v) is 3.92. The first kappa shape index (κ1) is 10.9. The van der Waals surface area contributed by atoms with Crippen molar-refractivity contribution in [3.05, 3.63) is 45.0 Å². The van der Waals surface area contributed by atoms with Crippen LogP contribution in [0.2, 0.25) is 0 Å². The van der Waals surface area contributed by atoms with Crippen LogP contribution in [-0.4, -0.2) is 6.54 Å². The topological polar surface area (TPSA) is 25.2 Å². The van der Waals surface area contributed by atoms with E-state index in [0.29, 0.717) is 0 Å². The molecule has 2 rings (SSSR count). The first-order valence-corrected chi connectivity index (χ1v) is 6.48. The maximum absolute atomic E-state index is 5.12. The minimum atomic E-state index is 0.241. The van der Waals surface area contributed by atoms with Crippen LogP contribution in [0.4, 0.5) is 0 Å². The van der Waals surface area contributed by atoms with Gasteiger partial charge in [0.15, 0.2) is 0 Å². The molecule has 15 heavy (non-hydrogen) atoms. The second kappa shape index (κ2) is 4.96. The zero-order valence-corrected chi connectivity index (χ0v) is 10.8. The van der Waals surface area contributed by atoms with Gasteiger partial charge in [-0.1, -0.05) is 6.92 Å². The normalized spacial score (nSPS) is 12.9. The molecular weight excluding hydrogens is 274 g/mol. The van der Waals surface area contributed by atoms with Gasteiger partial charge in [-0.15, -0.1) is 11.3 Å². The van der Waals surface area contributed by atoms with Crippen molar-refractivity contribution >= 4 is 27.3 Å². The monoisotopic (exact) mass is 285 g/mol. The predicted octanol–water partition coefficient (Wildman–Crippen LogP) is 3.80. The van der Waals surface area contributed by atoms with Crippen LogP contribution in [-0.2, 0) is 0 Å². The molecule has 0 aromatic carbocycles. The lowest BCUT2D eigenvalue weighted by Gasteiger charge is -2.13. The number of rotatable bonds is 4. The second-order valence-electron chi connectivity index (χ2n) is 3.21. The smallest absolute Gasteiger partial charge is 0.0954 e. The number of nitrogens with one attached hydrogen (secondary N) is 1. The van der Waals surface area contributed by atoms with Crippen LogP contribution in [0.25, 0.3) is 0 Å². The lowest BCUT2D eigenvalue weighted by Crippen LogP contribution is -2.20. The summed E-state index contributed by atoms with van der Waals surface area (Å²) in [5, 5.41) is 5.54. The Hall–Kier alpha value is -0.580. The average molecular weight is 286 g/mol. The number of furan rings is 1. The van der Waals surface area contributed by atoms with Gasteiger partial charge in [0.2, 0.25) is 0 Å². The Morgan fingerprint density at radius 3 is 3.00 bits per heavy atom. The molecule has 0 saturated heterocycles. The van der Waals surface area contributed by atoms with E-state index in [1.807, 2.05) is 6.07 Å². The van der Waals surface area contributed by atoms with Gasteiger partial charge in [0.1, 0.15) is 0 Å². The molecule has 0 amide bonds. The molecule has 0 spiro atoms. The van der Waals surface area contributed by atoms with Gasteiger partial charge in [-0.05, 0) is 34.6 Å². The molecule has 0 bridgehead atoms. The highest BCUT2D eigenvalue weighted by molar-refractivity contribution is 9.10.